The molecule has 1 aromatic heterocycles. The molecule has 1 heterocycles. The van der Waals surface area contributed by atoms with Crippen LogP contribution in [0.4, 0.5) is 27.8 Å². The van der Waals surface area contributed by atoms with Crippen LogP contribution < -0.4 is 10.1 Å². The van der Waals surface area contributed by atoms with E-state index in [1.165, 1.54) is 19.3 Å². The predicted octanol–water partition coefficient (Wildman–Crippen LogP) is 6.25. The molecule has 2 aromatic rings. The van der Waals surface area contributed by atoms with Gasteiger partial charge in [-0.2, -0.15) is 13.2 Å². The second-order valence-corrected chi connectivity index (χ2v) is 7.93. The van der Waals surface area contributed by atoms with Crippen molar-refractivity contribution in [2.75, 3.05) is 24.2 Å². The van der Waals surface area contributed by atoms with Gasteiger partial charge in [0.25, 0.3) is 0 Å². The van der Waals surface area contributed by atoms with Crippen molar-refractivity contribution in [2.45, 2.75) is 37.5 Å². The molecular weight excluding hydrogens is 481 g/mol. The Morgan fingerprint density at radius 1 is 1.28 bits per heavy atom. The zero-order chi connectivity index (χ0) is 21.6. The number of nitrogens with zero attached hydrogens (tertiary/aromatic N) is 2. The number of nitrogens with one attached hydrogen (secondary N) is 1. The van der Waals surface area contributed by atoms with Gasteiger partial charge < -0.3 is 10.1 Å². The molecule has 0 saturated heterocycles. The Balaban J connectivity index is 1.88. The smallest absolute Gasteiger partial charge is 0.398 e. The summed E-state index contributed by atoms with van der Waals surface area (Å²) in [5.41, 5.74) is 0.640. The molecule has 2 rings (SSSR count). The van der Waals surface area contributed by atoms with E-state index in [2.05, 4.69) is 31.2 Å². The summed E-state index contributed by atoms with van der Waals surface area (Å²) in [5.74, 6) is -1.37. The lowest BCUT2D eigenvalue weighted by Crippen LogP contribution is -2.11. The lowest BCUT2D eigenvalue weighted by atomic mass is 10.2. The molecule has 0 aliphatic carbocycles. The number of alkyl halides is 4. The fraction of sp³-hybridized carbons (Fsp3) is 0.444. The summed E-state index contributed by atoms with van der Waals surface area (Å²) in [6.07, 6.45) is -3.87. The maximum atomic E-state index is 14.0. The van der Waals surface area contributed by atoms with Crippen LogP contribution in [0.25, 0.3) is 0 Å². The Labute approximate surface area is 177 Å². The molecule has 0 amide bonds. The largest absolute Gasteiger partial charge is 0.490 e. The average molecular weight is 500 g/mol. The highest BCUT2D eigenvalue weighted by Crippen LogP contribution is 2.33. The van der Waals surface area contributed by atoms with Gasteiger partial charge in [0.15, 0.2) is 11.6 Å². The lowest BCUT2D eigenvalue weighted by molar-refractivity contribution is -0.105. The highest BCUT2D eigenvalue weighted by Gasteiger charge is 2.27. The maximum Gasteiger partial charge on any atom is 0.398 e. The number of hydrogen-bond donors (Lipinski definition) is 1. The number of thioether (sulfide) groups is 1. The first-order valence-corrected chi connectivity index (χ1v) is 10.4. The van der Waals surface area contributed by atoms with E-state index in [1.54, 1.807) is 6.92 Å². The lowest BCUT2D eigenvalue weighted by Gasteiger charge is -2.13. The topological polar surface area (TPSA) is 47.0 Å². The zero-order valence-electron chi connectivity index (χ0n) is 15.6. The summed E-state index contributed by atoms with van der Waals surface area (Å²) in [6, 6.07) is 2.44. The molecule has 0 saturated carbocycles. The quantitative estimate of drug-likeness (QED) is 0.251. The molecule has 160 valence electrons. The maximum absolute atomic E-state index is 14.0. The van der Waals surface area contributed by atoms with Crippen LogP contribution in [0.2, 0.25) is 0 Å². The van der Waals surface area contributed by atoms with Gasteiger partial charge in [-0.1, -0.05) is 0 Å². The highest BCUT2D eigenvalue weighted by molar-refractivity contribution is 9.10. The number of hydrogen-bond acceptors (Lipinski definition) is 5. The van der Waals surface area contributed by atoms with E-state index in [4.69, 9.17) is 4.74 Å². The van der Waals surface area contributed by atoms with Gasteiger partial charge >= 0.3 is 6.18 Å². The molecule has 11 heteroatoms. The van der Waals surface area contributed by atoms with Crippen LogP contribution in [0.5, 0.6) is 5.75 Å². The highest BCUT2D eigenvalue weighted by atomic mass is 79.9. The summed E-state index contributed by atoms with van der Waals surface area (Å²) in [7, 11) is 0. The van der Waals surface area contributed by atoms with Crippen molar-refractivity contribution in [1.29, 1.82) is 0 Å². The first kappa shape index (κ1) is 23.7. The number of ether oxygens (including phenoxy) is 1. The first-order chi connectivity index (χ1) is 13.6. The van der Waals surface area contributed by atoms with Crippen LogP contribution in [-0.4, -0.2) is 35.0 Å². The Hall–Kier alpha value is -1.62. The minimum Gasteiger partial charge on any atom is -0.490 e. The van der Waals surface area contributed by atoms with E-state index < -0.39 is 23.9 Å². The molecule has 29 heavy (non-hydrogen) atoms. The summed E-state index contributed by atoms with van der Waals surface area (Å²) >= 11 is 3.84. The third kappa shape index (κ3) is 7.29. The second-order valence-electron chi connectivity index (χ2n) is 6.12. The third-order valence-electron chi connectivity index (χ3n) is 3.69. The SMILES string of the molecule is Cc1cc(F)c(OCCCNc2ncnc(C(C)F)c2Br)cc1SCC(F)(F)F. The summed E-state index contributed by atoms with van der Waals surface area (Å²) in [6.45, 7) is 3.44. The number of aryl methyl sites for hydroxylation is 1. The molecule has 1 aromatic carbocycles. The van der Waals surface area contributed by atoms with Gasteiger partial charge in [-0.25, -0.2) is 18.7 Å². The third-order valence-corrected chi connectivity index (χ3v) is 5.69. The number of anilines is 1. The van der Waals surface area contributed by atoms with Gasteiger partial charge in [0, 0.05) is 11.4 Å². The Morgan fingerprint density at radius 3 is 2.66 bits per heavy atom. The normalized spacial score (nSPS) is 12.7. The van der Waals surface area contributed by atoms with Crippen molar-refractivity contribution in [2.24, 2.45) is 0 Å². The fourth-order valence-corrected chi connectivity index (χ4v) is 3.76. The fourth-order valence-electron chi connectivity index (χ4n) is 2.31. The van der Waals surface area contributed by atoms with Crippen LogP contribution in [0.15, 0.2) is 27.8 Å². The molecule has 0 aliphatic heterocycles. The molecule has 0 radical (unpaired) electrons. The van der Waals surface area contributed by atoms with Gasteiger partial charge in [0.05, 0.1) is 22.5 Å². The predicted molar refractivity (Wildman–Crippen MR) is 106 cm³/mol. The minimum absolute atomic E-state index is 0.1000. The van der Waals surface area contributed by atoms with Gasteiger partial charge in [-0.05, 0) is 53.9 Å². The molecule has 0 aliphatic rings. The van der Waals surface area contributed by atoms with Crippen LogP contribution in [-0.2, 0) is 0 Å². The Kier molecular flexibility index (Phi) is 8.50. The zero-order valence-corrected chi connectivity index (χ0v) is 18.0. The van der Waals surface area contributed by atoms with Crippen LogP contribution in [0, 0.1) is 12.7 Å². The van der Waals surface area contributed by atoms with Gasteiger partial charge in [-0.15, -0.1) is 11.8 Å². The molecule has 0 bridgehead atoms. The van der Waals surface area contributed by atoms with Crippen LogP contribution >= 0.6 is 27.7 Å². The summed E-state index contributed by atoms with van der Waals surface area (Å²) in [4.78, 5) is 8.20. The Bertz CT molecular complexity index is 836. The van der Waals surface area contributed by atoms with E-state index in [0.717, 1.165) is 6.07 Å². The van der Waals surface area contributed by atoms with Crippen molar-refractivity contribution < 1.29 is 26.7 Å². The summed E-state index contributed by atoms with van der Waals surface area (Å²) < 4.78 is 70.5. The van der Waals surface area contributed by atoms with E-state index >= 15 is 0 Å². The number of rotatable bonds is 9. The Morgan fingerprint density at radius 2 is 2.00 bits per heavy atom. The van der Waals surface area contributed by atoms with Crippen molar-refractivity contribution in [3.63, 3.8) is 0 Å². The average Bonchev–Trinajstić information content (AvgIpc) is 2.62. The molecule has 0 fully saturated rings. The van der Waals surface area contributed by atoms with E-state index in [-0.39, 0.29) is 18.1 Å². The summed E-state index contributed by atoms with van der Waals surface area (Å²) in [5, 5.41) is 3.00. The van der Waals surface area contributed by atoms with Crippen molar-refractivity contribution >= 4 is 33.5 Å². The van der Waals surface area contributed by atoms with Crippen LogP contribution in [0.3, 0.4) is 0 Å². The van der Waals surface area contributed by atoms with Crippen LogP contribution in [0.1, 0.15) is 30.8 Å². The van der Waals surface area contributed by atoms with Crippen molar-refractivity contribution in [3.05, 3.63) is 40.0 Å². The number of benzene rings is 1. The number of halogens is 6. The van der Waals surface area contributed by atoms with E-state index in [1.807, 2.05) is 0 Å². The molecule has 0 spiro atoms. The molecule has 4 nitrogen and oxygen atoms in total. The first-order valence-electron chi connectivity index (χ1n) is 8.59. The van der Waals surface area contributed by atoms with Crippen molar-refractivity contribution in [1.82, 2.24) is 9.97 Å². The van der Waals surface area contributed by atoms with Gasteiger partial charge in [0.2, 0.25) is 0 Å². The van der Waals surface area contributed by atoms with E-state index in [0.29, 0.717) is 45.5 Å². The molecule has 1 unspecified atom stereocenters. The van der Waals surface area contributed by atoms with Gasteiger partial charge in [0.1, 0.15) is 18.3 Å². The molecule has 1 atom stereocenters. The minimum atomic E-state index is -4.31. The van der Waals surface area contributed by atoms with Crippen molar-refractivity contribution in [3.8, 4) is 5.75 Å². The standard InChI is InChI=1S/C18H19BrF5N3OS/c1-10-6-12(21)13(7-14(10)29-8-18(22,23)24)28-5-3-4-25-17-15(19)16(11(2)20)26-9-27-17/h6-7,9,11H,3-5,8H2,1-2H3,(H,25,26,27). The monoisotopic (exact) mass is 499 g/mol. The second kappa shape index (κ2) is 10.4. The molecule has 1 N–H and O–H groups in total. The van der Waals surface area contributed by atoms with E-state index in [9.17, 15) is 22.0 Å². The molecular formula is C18H19BrF5N3OS. The number of aromatic nitrogens is 2. The van der Waals surface area contributed by atoms with Gasteiger partial charge in [-0.3, -0.25) is 0 Å².